The Hall–Kier alpha value is -0.750. The molecule has 4 atom stereocenters. The Bertz CT molecular complexity index is 378. The lowest BCUT2D eigenvalue weighted by Gasteiger charge is -2.28. The Kier molecular flexibility index (Phi) is 3.25. The maximum absolute atomic E-state index is 13.2. The number of fused-ring (bicyclic) bond motifs is 1. The van der Waals surface area contributed by atoms with Crippen molar-refractivity contribution in [2.45, 2.75) is 37.8 Å². The van der Waals surface area contributed by atoms with Crippen molar-refractivity contribution < 1.29 is 18.3 Å². The number of carbonyl (C=O) groups is 1. The van der Waals surface area contributed by atoms with E-state index >= 15 is 0 Å². The van der Waals surface area contributed by atoms with Crippen LogP contribution in [-0.2, 0) is 9.53 Å². The number of cyclic esters (lactones) is 1. The van der Waals surface area contributed by atoms with Crippen molar-refractivity contribution in [2.24, 2.45) is 11.8 Å². The molecule has 0 radical (unpaired) electrons. The summed E-state index contributed by atoms with van der Waals surface area (Å²) in [7, 11) is 0. The molecule has 0 saturated carbocycles. The highest BCUT2D eigenvalue weighted by molar-refractivity contribution is 5.79. The van der Waals surface area contributed by atoms with Gasteiger partial charge in [0, 0.05) is 19.1 Å². The maximum atomic E-state index is 13.2. The van der Waals surface area contributed by atoms with Crippen molar-refractivity contribution in [3.8, 4) is 0 Å². The smallest absolute Gasteiger partial charge is 0.377 e. The lowest BCUT2D eigenvalue weighted by molar-refractivity contribution is -0.159. The summed E-state index contributed by atoms with van der Waals surface area (Å²) >= 11 is 0. The third-order valence-electron chi connectivity index (χ3n) is 4.74. The van der Waals surface area contributed by atoms with Crippen LogP contribution in [0.4, 0.5) is 8.78 Å². The van der Waals surface area contributed by atoms with E-state index in [1.54, 1.807) is 0 Å². The summed E-state index contributed by atoms with van der Waals surface area (Å²) in [5.74, 6) is -3.42. The molecule has 0 aromatic carbocycles. The van der Waals surface area contributed by atoms with Gasteiger partial charge in [-0.3, -0.25) is 4.90 Å². The molecule has 6 heteroatoms. The van der Waals surface area contributed by atoms with Gasteiger partial charge in [0.25, 0.3) is 0 Å². The molecule has 0 amide bonds. The van der Waals surface area contributed by atoms with Crippen LogP contribution in [0.3, 0.4) is 0 Å². The topological polar surface area (TPSA) is 41.6 Å². The first kappa shape index (κ1) is 13.2. The third kappa shape index (κ3) is 2.25. The lowest BCUT2D eigenvalue weighted by atomic mass is 9.93. The van der Waals surface area contributed by atoms with Crippen LogP contribution in [0, 0.1) is 11.8 Å². The fourth-order valence-electron chi connectivity index (χ4n) is 3.89. The maximum Gasteiger partial charge on any atom is 0.377 e. The Labute approximate surface area is 111 Å². The predicted octanol–water partition coefficient (Wildman–Crippen LogP) is 0.867. The Morgan fingerprint density at radius 3 is 2.89 bits per heavy atom. The molecule has 3 heterocycles. The van der Waals surface area contributed by atoms with Gasteiger partial charge in [-0.15, -0.1) is 0 Å². The summed E-state index contributed by atoms with van der Waals surface area (Å²) < 4.78 is 31.1. The summed E-state index contributed by atoms with van der Waals surface area (Å²) in [6.45, 7) is 5.54. The van der Waals surface area contributed by atoms with Crippen LogP contribution in [0.1, 0.15) is 19.8 Å². The second-order valence-electron chi connectivity index (χ2n) is 5.95. The lowest BCUT2D eigenvalue weighted by Crippen LogP contribution is -2.40. The number of likely N-dealkylation sites (tertiary alicyclic amines) is 1. The number of hydrogen-bond acceptors (Lipinski definition) is 4. The van der Waals surface area contributed by atoms with Crippen LogP contribution < -0.4 is 5.32 Å². The number of nitrogens with zero attached hydrogens (tertiary/aromatic N) is 1. The van der Waals surface area contributed by atoms with Crippen LogP contribution in [0.2, 0.25) is 0 Å². The number of halogens is 2. The summed E-state index contributed by atoms with van der Waals surface area (Å²) in [5.41, 5.74) is 0. The number of alkyl halides is 2. The van der Waals surface area contributed by atoms with E-state index < -0.39 is 24.4 Å². The van der Waals surface area contributed by atoms with E-state index in [0.717, 1.165) is 26.1 Å². The van der Waals surface area contributed by atoms with E-state index in [2.05, 4.69) is 17.1 Å². The van der Waals surface area contributed by atoms with Gasteiger partial charge in [0.05, 0.1) is 6.42 Å². The van der Waals surface area contributed by atoms with E-state index in [0.29, 0.717) is 24.4 Å². The molecule has 108 valence electrons. The van der Waals surface area contributed by atoms with Crippen LogP contribution in [0.25, 0.3) is 0 Å². The monoisotopic (exact) mass is 274 g/mol. The first-order chi connectivity index (χ1) is 9.01. The first-order valence-electron chi connectivity index (χ1n) is 7.05. The van der Waals surface area contributed by atoms with Crippen molar-refractivity contribution in [3.05, 3.63) is 0 Å². The predicted molar refractivity (Wildman–Crippen MR) is 64.9 cm³/mol. The average Bonchev–Trinajstić information content (AvgIpc) is 2.93. The normalized spacial score (nSPS) is 41.5. The fourth-order valence-corrected chi connectivity index (χ4v) is 3.89. The van der Waals surface area contributed by atoms with E-state index in [1.165, 1.54) is 0 Å². The number of nitrogens with one attached hydrogen (secondary N) is 1. The Morgan fingerprint density at radius 2 is 2.26 bits per heavy atom. The van der Waals surface area contributed by atoms with E-state index in [9.17, 15) is 13.6 Å². The zero-order valence-electron chi connectivity index (χ0n) is 11.1. The van der Waals surface area contributed by atoms with Gasteiger partial charge in [-0.1, -0.05) is 6.92 Å². The summed E-state index contributed by atoms with van der Waals surface area (Å²) in [6.07, 6.45) is -0.102. The van der Waals surface area contributed by atoms with Crippen molar-refractivity contribution >= 4 is 5.97 Å². The number of rotatable bonds is 3. The van der Waals surface area contributed by atoms with Crippen molar-refractivity contribution in [2.75, 3.05) is 26.2 Å². The summed E-state index contributed by atoms with van der Waals surface area (Å²) in [6, 6.07) is 0.424. The van der Waals surface area contributed by atoms with E-state index in [1.807, 2.05) is 0 Å². The standard InChI is InChI=1S/C13H20F2N2O2/c1-2-11-10-5-16-4-8(10)6-17(11)7-9-3-13(14,15)12(18)19-9/h8-11,16H,2-7H2,1H3. The van der Waals surface area contributed by atoms with E-state index in [4.69, 9.17) is 4.74 Å². The van der Waals surface area contributed by atoms with Crippen LogP contribution in [-0.4, -0.2) is 55.1 Å². The van der Waals surface area contributed by atoms with Gasteiger partial charge < -0.3 is 10.1 Å². The van der Waals surface area contributed by atoms with Gasteiger partial charge in [-0.2, -0.15) is 8.78 Å². The molecule has 4 unspecified atom stereocenters. The molecule has 0 aromatic rings. The second-order valence-corrected chi connectivity index (χ2v) is 5.95. The van der Waals surface area contributed by atoms with Crippen molar-refractivity contribution in [1.29, 1.82) is 0 Å². The van der Waals surface area contributed by atoms with Gasteiger partial charge in [0.1, 0.15) is 6.10 Å². The number of carbonyl (C=O) groups excluding carboxylic acids is 1. The van der Waals surface area contributed by atoms with Gasteiger partial charge >= 0.3 is 11.9 Å². The highest BCUT2D eigenvalue weighted by Gasteiger charge is 2.52. The van der Waals surface area contributed by atoms with Gasteiger partial charge in [0.15, 0.2) is 0 Å². The van der Waals surface area contributed by atoms with Crippen LogP contribution in [0.15, 0.2) is 0 Å². The minimum atomic E-state index is -3.29. The molecule has 0 aliphatic carbocycles. The van der Waals surface area contributed by atoms with Gasteiger partial charge in [-0.05, 0) is 31.3 Å². The van der Waals surface area contributed by atoms with Gasteiger partial charge in [-0.25, -0.2) is 4.79 Å². The molecule has 19 heavy (non-hydrogen) atoms. The van der Waals surface area contributed by atoms with E-state index in [-0.39, 0.29) is 0 Å². The zero-order valence-corrected chi connectivity index (χ0v) is 11.1. The first-order valence-corrected chi connectivity index (χ1v) is 7.05. The molecule has 0 spiro atoms. The second kappa shape index (κ2) is 4.66. The molecule has 1 N–H and O–H groups in total. The molecule has 0 bridgehead atoms. The average molecular weight is 274 g/mol. The molecule has 0 aromatic heterocycles. The van der Waals surface area contributed by atoms with Crippen molar-refractivity contribution in [3.63, 3.8) is 0 Å². The number of esters is 1. The Morgan fingerprint density at radius 1 is 1.47 bits per heavy atom. The SMILES string of the molecule is CCC1C2CNCC2CN1CC1CC(F)(F)C(=O)O1. The molecule has 4 nitrogen and oxygen atoms in total. The molecular weight excluding hydrogens is 254 g/mol. The van der Waals surface area contributed by atoms with Crippen LogP contribution in [0.5, 0.6) is 0 Å². The van der Waals surface area contributed by atoms with Crippen molar-refractivity contribution in [1.82, 2.24) is 10.2 Å². The summed E-state index contributed by atoms with van der Waals surface area (Å²) in [5, 5.41) is 3.39. The zero-order chi connectivity index (χ0) is 13.6. The quantitative estimate of drug-likeness (QED) is 0.775. The minimum Gasteiger partial charge on any atom is -0.456 e. The fraction of sp³-hybridized carbons (Fsp3) is 0.923. The highest BCUT2D eigenvalue weighted by Crippen LogP contribution is 2.37. The number of hydrogen-bond donors (Lipinski definition) is 1. The molecule has 3 rings (SSSR count). The van der Waals surface area contributed by atoms with Gasteiger partial charge in [0.2, 0.25) is 0 Å². The minimum absolute atomic E-state index is 0.424. The Balaban J connectivity index is 1.63. The molecule has 3 aliphatic rings. The molecular formula is C13H20F2N2O2. The molecule has 3 fully saturated rings. The molecule has 3 aliphatic heterocycles. The largest absolute Gasteiger partial charge is 0.456 e. The molecule has 3 saturated heterocycles. The third-order valence-corrected chi connectivity index (χ3v) is 4.74. The number of ether oxygens (including phenoxy) is 1. The highest BCUT2D eigenvalue weighted by atomic mass is 19.3. The van der Waals surface area contributed by atoms with Crippen LogP contribution >= 0.6 is 0 Å². The summed E-state index contributed by atoms with van der Waals surface area (Å²) in [4.78, 5) is 13.3.